The Labute approximate surface area is 202 Å². The number of para-hydroxylation sites is 2. The lowest BCUT2D eigenvalue weighted by atomic mass is 10.0. The summed E-state index contributed by atoms with van der Waals surface area (Å²) in [6.07, 6.45) is -0.633. The molecular weight excluding hydrogens is 479 g/mol. The van der Waals surface area contributed by atoms with Crippen LogP contribution in [-0.4, -0.2) is 45.8 Å². The number of aromatic nitrogens is 2. The molecule has 0 radical (unpaired) electrons. The number of carboxylic acids is 1. The molecule has 2 aromatic heterocycles. The second kappa shape index (κ2) is 10.3. The quantitative estimate of drug-likeness (QED) is 0.422. The molecule has 36 heavy (non-hydrogen) atoms. The predicted molar refractivity (Wildman–Crippen MR) is 124 cm³/mol. The van der Waals surface area contributed by atoms with Gasteiger partial charge in [-0.15, -0.1) is 0 Å². The van der Waals surface area contributed by atoms with E-state index in [-0.39, 0.29) is 12.5 Å². The molecule has 5 rings (SSSR count). The summed E-state index contributed by atoms with van der Waals surface area (Å²) >= 11 is 0. The third-order valence-electron chi connectivity index (χ3n) is 5.02. The van der Waals surface area contributed by atoms with Gasteiger partial charge in [0.2, 0.25) is 6.10 Å². The van der Waals surface area contributed by atoms with Crippen LogP contribution in [0.25, 0.3) is 22.0 Å². The molecule has 0 spiro atoms. The second-order valence-electron chi connectivity index (χ2n) is 7.49. The van der Waals surface area contributed by atoms with E-state index in [9.17, 15) is 18.0 Å². The van der Waals surface area contributed by atoms with Crippen molar-refractivity contribution < 1.29 is 37.3 Å². The van der Waals surface area contributed by atoms with Gasteiger partial charge in [0.15, 0.2) is 11.5 Å². The van der Waals surface area contributed by atoms with E-state index in [1.807, 2.05) is 54.6 Å². The third kappa shape index (κ3) is 5.69. The van der Waals surface area contributed by atoms with E-state index in [1.54, 1.807) is 24.7 Å². The van der Waals surface area contributed by atoms with Crippen LogP contribution in [-0.2, 0) is 9.59 Å². The highest BCUT2D eigenvalue weighted by Gasteiger charge is 2.38. The molecule has 2 N–H and O–H groups in total. The first-order chi connectivity index (χ1) is 17.2. The van der Waals surface area contributed by atoms with E-state index in [1.165, 1.54) is 0 Å². The summed E-state index contributed by atoms with van der Waals surface area (Å²) in [6.45, 7) is 0.151. The maximum atomic E-state index is 12.9. The van der Waals surface area contributed by atoms with Crippen molar-refractivity contribution in [2.75, 3.05) is 11.9 Å². The molecule has 3 heterocycles. The molecule has 0 saturated heterocycles. The Kier molecular flexibility index (Phi) is 7.00. The average molecular weight is 497 g/mol. The number of hydrogen-bond acceptors (Lipinski definition) is 6. The number of fused-ring (bicyclic) bond motifs is 2. The number of nitrogens with zero attached hydrogens (tertiary/aromatic N) is 2. The van der Waals surface area contributed by atoms with E-state index >= 15 is 0 Å². The van der Waals surface area contributed by atoms with Crippen LogP contribution in [0.3, 0.4) is 0 Å². The van der Waals surface area contributed by atoms with Gasteiger partial charge >= 0.3 is 12.1 Å². The zero-order chi connectivity index (χ0) is 25.7. The fourth-order valence-corrected chi connectivity index (χ4v) is 3.36. The van der Waals surface area contributed by atoms with Crippen molar-refractivity contribution in [3.05, 3.63) is 79.3 Å². The summed E-state index contributed by atoms with van der Waals surface area (Å²) in [5.74, 6) is -1.83. The fraction of sp³-hybridized carbons (Fsp3) is 0.120. The lowest BCUT2D eigenvalue weighted by Crippen LogP contribution is -2.40. The molecular formula is C25H18F3N3O5. The first-order valence-corrected chi connectivity index (χ1v) is 10.5. The monoisotopic (exact) mass is 497 g/mol. The SMILES string of the molecule is O=C(Nc1cc(-c2ccncc2)cc2cccnc12)C1COc2ccccc2O1.O=C(O)C(F)(F)F. The average Bonchev–Trinajstić information content (AvgIpc) is 2.88. The number of anilines is 1. The first-order valence-electron chi connectivity index (χ1n) is 10.5. The van der Waals surface area contributed by atoms with Crippen molar-refractivity contribution in [3.8, 4) is 22.6 Å². The Morgan fingerprint density at radius 1 is 0.944 bits per heavy atom. The number of benzene rings is 2. The number of hydrogen-bond donors (Lipinski definition) is 2. The van der Waals surface area contributed by atoms with Gasteiger partial charge in [0.25, 0.3) is 5.91 Å². The summed E-state index contributed by atoms with van der Waals surface area (Å²) < 4.78 is 43.2. The van der Waals surface area contributed by atoms with Gasteiger partial charge in [0, 0.05) is 24.0 Å². The zero-order valence-corrected chi connectivity index (χ0v) is 18.4. The molecule has 1 amide bonds. The molecule has 8 nitrogen and oxygen atoms in total. The van der Waals surface area contributed by atoms with Crippen molar-refractivity contribution in [2.24, 2.45) is 0 Å². The topological polar surface area (TPSA) is 111 Å². The van der Waals surface area contributed by atoms with E-state index < -0.39 is 18.2 Å². The van der Waals surface area contributed by atoms with Gasteiger partial charge in [-0.05, 0) is 53.6 Å². The second-order valence-corrected chi connectivity index (χ2v) is 7.49. The largest absolute Gasteiger partial charge is 0.490 e. The van der Waals surface area contributed by atoms with Crippen LogP contribution >= 0.6 is 0 Å². The Balaban J connectivity index is 0.000000384. The molecule has 0 fully saturated rings. The van der Waals surface area contributed by atoms with E-state index in [0.29, 0.717) is 17.2 Å². The molecule has 0 aliphatic carbocycles. The standard InChI is InChI=1S/C23H17N3O3.C2HF3O2/c27-23(21-14-28-19-5-1-2-6-20(19)29-21)26-18-13-17(15-7-10-24-11-8-15)12-16-4-3-9-25-22(16)18;3-2(4,5)1(6)7/h1-13,21H,14H2,(H,26,27);(H,6,7). The summed E-state index contributed by atoms with van der Waals surface area (Å²) in [6, 6.07) is 19.0. The van der Waals surface area contributed by atoms with Gasteiger partial charge in [-0.2, -0.15) is 13.2 Å². The van der Waals surface area contributed by atoms with Crippen LogP contribution in [0.2, 0.25) is 0 Å². The number of amides is 1. The number of ether oxygens (including phenoxy) is 2. The van der Waals surface area contributed by atoms with Gasteiger partial charge in [-0.25, -0.2) is 4.79 Å². The van der Waals surface area contributed by atoms with Crippen molar-refractivity contribution >= 4 is 28.5 Å². The van der Waals surface area contributed by atoms with Crippen LogP contribution in [0.1, 0.15) is 0 Å². The molecule has 1 aliphatic heterocycles. The summed E-state index contributed by atoms with van der Waals surface area (Å²) in [5, 5.41) is 11.0. The highest BCUT2D eigenvalue weighted by atomic mass is 19.4. The van der Waals surface area contributed by atoms with Crippen LogP contribution in [0.4, 0.5) is 18.9 Å². The fourth-order valence-electron chi connectivity index (χ4n) is 3.36. The Morgan fingerprint density at radius 3 is 2.33 bits per heavy atom. The third-order valence-corrected chi connectivity index (χ3v) is 5.02. The van der Waals surface area contributed by atoms with Gasteiger partial charge in [-0.1, -0.05) is 18.2 Å². The highest BCUT2D eigenvalue weighted by Crippen LogP contribution is 2.33. The molecule has 4 aromatic rings. The van der Waals surface area contributed by atoms with E-state index in [2.05, 4.69) is 15.3 Å². The Hall–Kier alpha value is -4.67. The molecule has 1 atom stereocenters. The highest BCUT2D eigenvalue weighted by molar-refractivity contribution is 6.04. The Bertz CT molecular complexity index is 1400. The van der Waals surface area contributed by atoms with Crippen molar-refractivity contribution in [2.45, 2.75) is 12.3 Å². The minimum absolute atomic E-state index is 0.151. The zero-order valence-electron chi connectivity index (χ0n) is 18.4. The molecule has 1 aliphatic rings. The maximum absolute atomic E-state index is 12.9. The lowest BCUT2D eigenvalue weighted by Gasteiger charge is -2.25. The number of nitrogens with one attached hydrogen (secondary N) is 1. The number of carbonyl (C=O) groups excluding carboxylic acids is 1. The van der Waals surface area contributed by atoms with Crippen molar-refractivity contribution in [1.29, 1.82) is 0 Å². The maximum Gasteiger partial charge on any atom is 0.490 e. The minimum atomic E-state index is -5.08. The minimum Gasteiger partial charge on any atom is -0.485 e. The number of halogens is 3. The van der Waals surface area contributed by atoms with Crippen LogP contribution < -0.4 is 14.8 Å². The van der Waals surface area contributed by atoms with E-state index in [0.717, 1.165) is 22.0 Å². The van der Waals surface area contributed by atoms with Crippen LogP contribution in [0.15, 0.2) is 79.3 Å². The molecule has 1 unspecified atom stereocenters. The normalized spacial score (nSPS) is 14.4. The molecule has 0 saturated carbocycles. The summed E-state index contributed by atoms with van der Waals surface area (Å²) in [7, 11) is 0. The summed E-state index contributed by atoms with van der Waals surface area (Å²) in [4.78, 5) is 30.3. The predicted octanol–water partition coefficient (Wildman–Crippen LogP) is 4.71. The number of carboxylic acid groups (broad SMARTS) is 1. The number of rotatable bonds is 3. The Morgan fingerprint density at radius 2 is 1.64 bits per heavy atom. The molecule has 2 aromatic carbocycles. The molecule has 0 bridgehead atoms. The van der Waals surface area contributed by atoms with Crippen molar-refractivity contribution in [1.82, 2.24) is 9.97 Å². The lowest BCUT2D eigenvalue weighted by molar-refractivity contribution is -0.192. The number of aliphatic carboxylic acids is 1. The molecule has 11 heteroatoms. The number of alkyl halides is 3. The van der Waals surface area contributed by atoms with Crippen LogP contribution in [0.5, 0.6) is 11.5 Å². The molecule has 184 valence electrons. The van der Waals surface area contributed by atoms with Gasteiger partial charge in [0.05, 0.1) is 11.2 Å². The smallest absolute Gasteiger partial charge is 0.485 e. The summed E-state index contributed by atoms with van der Waals surface area (Å²) in [5.41, 5.74) is 3.32. The number of carbonyl (C=O) groups is 2. The van der Waals surface area contributed by atoms with Gasteiger partial charge < -0.3 is 19.9 Å². The van der Waals surface area contributed by atoms with Crippen molar-refractivity contribution in [3.63, 3.8) is 0 Å². The van der Waals surface area contributed by atoms with Gasteiger partial charge in [0.1, 0.15) is 6.61 Å². The van der Waals surface area contributed by atoms with Gasteiger partial charge in [-0.3, -0.25) is 14.8 Å². The van der Waals surface area contributed by atoms with E-state index in [4.69, 9.17) is 19.4 Å². The van der Waals surface area contributed by atoms with Crippen LogP contribution in [0, 0.1) is 0 Å². The first kappa shape index (κ1) is 24.5. The number of pyridine rings is 2.